The SMILES string of the molecule is Nc1nc(NC(=O)CCCl)nc(N(C(=O)CCCl)C(=O)CCCl)n1. The van der Waals surface area contributed by atoms with Gasteiger partial charge in [-0.15, -0.1) is 34.8 Å². The van der Waals surface area contributed by atoms with Gasteiger partial charge in [-0.05, 0) is 0 Å². The number of nitrogens with zero attached hydrogens (tertiary/aromatic N) is 4. The maximum Gasteiger partial charge on any atom is 0.245 e. The van der Waals surface area contributed by atoms with Crippen molar-refractivity contribution in [3.05, 3.63) is 0 Å². The molecule has 0 aromatic carbocycles. The second-order valence-corrected chi connectivity index (χ2v) is 5.44. The minimum atomic E-state index is -0.622. The molecule has 0 aliphatic heterocycles. The number of alkyl halides is 3. The topological polar surface area (TPSA) is 131 Å². The molecular weight excluding hydrogens is 383 g/mol. The Labute approximate surface area is 152 Å². The quantitative estimate of drug-likeness (QED) is 0.629. The van der Waals surface area contributed by atoms with Crippen molar-refractivity contribution in [1.29, 1.82) is 0 Å². The van der Waals surface area contributed by atoms with Crippen LogP contribution in [-0.2, 0) is 14.4 Å². The fourth-order valence-corrected chi connectivity index (χ4v) is 2.05. The first-order valence-electron chi connectivity index (χ1n) is 6.78. The van der Waals surface area contributed by atoms with Gasteiger partial charge in [-0.25, -0.2) is 4.90 Å². The summed E-state index contributed by atoms with van der Waals surface area (Å²) in [6, 6.07) is 0. The number of carbonyl (C=O) groups is 3. The highest BCUT2D eigenvalue weighted by Gasteiger charge is 2.26. The fraction of sp³-hybridized carbons (Fsp3) is 0.500. The van der Waals surface area contributed by atoms with Gasteiger partial charge in [0.1, 0.15) is 0 Å². The van der Waals surface area contributed by atoms with Crippen LogP contribution >= 0.6 is 34.8 Å². The largest absolute Gasteiger partial charge is 0.368 e. The molecule has 9 nitrogen and oxygen atoms in total. The highest BCUT2D eigenvalue weighted by Crippen LogP contribution is 2.15. The number of carbonyl (C=O) groups excluding carboxylic acids is 3. The molecule has 0 saturated carbocycles. The third-order valence-electron chi connectivity index (χ3n) is 2.53. The predicted octanol–water partition coefficient (Wildman–Crippen LogP) is 1.14. The maximum atomic E-state index is 12.1. The molecule has 12 heteroatoms. The smallest absolute Gasteiger partial charge is 0.245 e. The number of anilines is 3. The lowest BCUT2D eigenvalue weighted by Crippen LogP contribution is -2.39. The second-order valence-electron chi connectivity index (χ2n) is 4.31. The standard InChI is InChI=1S/C12H15Cl3N6O3/c13-4-1-7(22)17-11-18-10(16)19-12(20-11)21(8(23)2-5-14)9(24)3-6-15/h1-6H2,(H3,16,17,18,19,20,22). The van der Waals surface area contributed by atoms with Crippen LogP contribution in [0.15, 0.2) is 0 Å². The summed E-state index contributed by atoms with van der Waals surface area (Å²) in [5.41, 5.74) is 5.55. The van der Waals surface area contributed by atoms with Gasteiger partial charge in [0.25, 0.3) is 0 Å². The van der Waals surface area contributed by atoms with E-state index in [1.807, 2.05) is 0 Å². The average molecular weight is 398 g/mol. The molecule has 1 rings (SSSR count). The van der Waals surface area contributed by atoms with Crippen molar-refractivity contribution in [3.8, 4) is 0 Å². The molecule has 0 fully saturated rings. The first-order chi connectivity index (χ1) is 11.4. The van der Waals surface area contributed by atoms with Crippen LogP contribution in [0, 0.1) is 0 Å². The number of nitrogens with one attached hydrogen (secondary N) is 1. The number of halogens is 3. The van der Waals surface area contributed by atoms with Gasteiger partial charge in [0.2, 0.25) is 35.6 Å². The van der Waals surface area contributed by atoms with Gasteiger partial charge in [0, 0.05) is 36.9 Å². The van der Waals surface area contributed by atoms with Crippen LogP contribution in [0.1, 0.15) is 19.3 Å². The van der Waals surface area contributed by atoms with Crippen molar-refractivity contribution in [1.82, 2.24) is 15.0 Å². The summed E-state index contributed by atoms with van der Waals surface area (Å²) >= 11 is 16.6. The molecule has 0 aliphatic rings. The lowest BCUT2D eigenvalue weighted by atomic mass is 10.3. The first-order valence-corrected chi connectivity index (χ1v) is 8.38. The summed E-state index contributed by atoms with van der Waals surface area (Å²) in [6.45, 7) is 0. The van der Waals surface area contributed by atoms with Crippen LogP contribution in [0.3, 0.4) is 0 Å². The minimum Gasteiger partial charge on any atom is -0.368 e. The number of amides is 3. The third kappa shape index (κ3) is 6.06. The lowest BCUT2D eigenvalue weighted by molar-refractivity contribution is -0.126. The summed E-state index contributed by atoms with van der Waals surface area (Å²) in [5.74, 6) is -2.37. The normalized spacial score (nSPS) is 10.3. The Morgan fingerprint density at radius 1 is 0.917 bits per heavy atom. The zero-order valence-corrected chi connectivity index (χ0v) is 14.7. The minimum absolute atomic E-state index is 0.00334. The number of aromatic nitrogens is 3. The molecule has 0 spiro atoms. The van der Waals surface area contributed by atoms with Gasteiger partial charge in [-0.3, -0.25) is 19.7 Å². The first kappa shape index (κ1) is 20.3. The zero-order chi connectivity index (χ0) is 18.1. The van der Waals surface area contributed by atoms with Crippen molar-refractivity contribution in [2.75, 3.05) is 33.6 Å². The lowest BCUT2D eigenvalue weighted by Gasteiger charge is -2.18. The van der Waals surface area contributed by atoms with Gasteiger partial charge in [-0.2, -0.15) is 15.0 Å². The Balaban J connectivity index is 3.17. The summed E-state index contributed by atoms with van der Waals surface area (Å²) in [4.78, 5) is 47.9. The van der Waals surface area contributed by atoms with Crippen molar-refractivity contribution in [2.45, 2.75) is 19.3 Å². The Morgan fingerprint density at radius 3 is 1.96 bits per heavy atom. The molecular formula is C12H15Cl3N6O3. The monoisotopic (exact) mass is 396 g/mol. The van der Waals surface area contributed by atoms with E-state index in [0.29, 0.717) is 0 Å². The zero-order valence-electron chi connectivity index (χ0n) is 12.5. The Morgan fingerprint density at radius 2 is 1.46 bits per heavy atom. The highest BCUT2D eigenvalue weighted by molar-refractivity contribution is 6.23. The summed E-state index contributed by atoms with van der Waals surface area (Å²) < 4.78 is 0. The molecule has 1 heterocycles. The predicted molar refractivity (Wildman–Crippen MR) is 91.4 cm³/mol. The number of nitrogens with two attached hydrogens (primary N) is 1. The van der Waals surface area contributed by atoms with E-state index in [1.165, 1.54) is 0 Å². The number of imide groups is 1. The fourth-order valence-electron chi connectivity index (χ4n) is 1.56. The van der Waals surface area contributed by atoms with Crippen LogP contribution in [0.25, 0.3) is 0 Å². The van der Waals surface area contributed by atoms with E-state index in [0.717, 1.165) is 4.90 Å². The van der Waals surface area contributed by atoms with Crippen molar-refractivity contribution < 1.29 is 14.4 Å². The number of rotatable bonds is 8. The van der Waals surface area contributed by atoms with Gasteiger partial charge >= 0.3 is 0 Å². The van der Waals surface area contributed by atoms with Gasteiger partial charge < -0.3 is 5.73 Å². The third-order valence-corrected chi connectivity index (χ3v) is 3.10. The number of hydrogen-bond acceptors (Lipinski definition) is 7. The number of hydrogen-bond donors (Lipinski definition) is 2. The van der Waals surface area contributed by atoms with Crippen LogP contribution in [0.5, 0.6) is 0 Å². The Hall–Kier alpha value is -1.71. The van der Waals surface area contributed by atoms with E-state index >= 15 is 0 Å². The molecule has 0 saturated heterocycles. The Bertz CT molecular complexity index is 598. The van der Waals surface area contributed by atoms with Crippen LogP contribution in [-0.4, -0.2) is 50.3 Å². The average Bonchev–Trinajstić information content (AvgIpc) is 2.47. The van der Waals surface area contributed by atoms with Crippen molar-refractivity contribution in [3.63, 3.8) is 0 Å². The molecule has 3 amide bonds. The van der Waals surface area contributed by atoms with Gasteiger partial charge in [0.15, 0.2) is 0 Å². The van der Waals surface area contributed by atoms with E-state index in [9.17, 15) is 14.4 Å². The van der Waals surface area contributed by atoms with E-state index in [1.54, 1.807) is 0 Å². The second kappa shape index (κ2) is 10.2. The van der Waals surface area contributed by atoms with Crippen molar-refractivity contribution in [2.24, 2.45) is 0 Å². The van der Waals surface area contributed by atoms with Crippen LogP contribution in [0.4, 0.5) is 17.8 Å². The molecule has 0 aliphatic carbocycles. The van der Waals surface area contributed by atoms with E-state index in [-0.39, 0.29) is 54.7 Å². The molecule has 0 unspecified atom stereocenters. The molecule has 0 bridgehead atoms. The van der Waals surface area contributed by atoms with E-state index in [2.05, 4.69) is 20.3 Å². The van der Waals surface area contributed by atoms with Crippen molar-refractivity contribution >= 4 is 70.4 Å². The molecule has 1 aromatic heterocycles. The maximum absolute atomic E-state index is 12.1. The van der Waals surface area contributed by atoms with Crippen LogP contribution < -0.4 is 16.0 Å². The molecule has 0 atom stereocenters. The van der Waals surface area contributed by atoms with E-state index < -0.39 is 17.7 Å². The number of nitrogen functional groups attached to an aromatic ring is 1. The molecule has 1 aromatic rings. The summed E-state index contributed by atoms with van der Waals surface area (Å²) in [5, 5.41) is 2.35. The molecule has 24 heavy (non-hydrogen) atoms. The van der Waals surface area contributed by atoms with E-state index in [4.69, 9.17) is 40.5 Å². The Kier molecular flexibility index (Phi) is 8.66. The summed E-state index contributed by atoms with van der Waals surface area (Å²) in [7, 11) is 0. The molecule has 132 valence electrons. The molecule has 0 radical (unpaired) electrons. The highest BCUT2D eigenvalue weighted by atomic mass is 35.5. The van der Waals surface area contributed by atoms with Gasteiger partial charge in [0.05, 0.1) is 0 Å². The van der Waals surface area contributed by atoms with Gasteiger partial charge in [-0.1, -0.05) is 0 Å². The molecule has 3 N–H and O–H groups in total. The van der Waals surface area contributed by atoms with Crippen LogP contribution in [0.2, 0.25) is 0 Å². The summed E-state index contributed by atoms with van der Waals surface area (Å²) in [6.07, 6.45) is -0.202.